The van der Waals surface area contributed by atoms with Crippen molar-refractivity contribution in [3.05, 3.63) is 0 Å². The van der Waals surface area contributed by atoms with Crippen LogP contribution in [0.25, 0.3) is 0 Å². The van der Waals surface area contributed by atoms with Crippen molar-refractivity contribution < 1.29 is 4.43 Å². The highest BCUT2D eigenvalue weighted by molar-refractivity contribution is 6.27. The Morgan fingerprint density at radius 1 is 0.867 bits per heavy atom. The summed E-state index contributed by atoms with van der Waals surface area (Å²) in [5, 5.41) is 0. The Balaban J connectivity index is 2.99. The van der Waals surface area contributed by atoms with Crippen LogP contribution in [0.1, 0.15) is 72.6 Å². The lowest BCUT2D eigenvalue weighted by Crippen LogP contribution is -2.21. The van der Waals surface area contributed by atoms with E-state index in [0.29, 0.717) is 0 Å². The summed E-state index contributed by atoms with van der Waals surface area (Å²) in [7, 11) is -0.237. The average Bonchev–Trinajstić information content (AvgIpc) is 2.14. The van der Waals surface area contributed by atoms with Gasteiger partial charge in [0, 0.05) is 5.60 Å². The molecule has 15 heavy (non-hydrogen) atoms. The van der Waals surface area contributed by atoms with Gasteiger partial charge in [0.15, 0.2) is 9.76 Å². The number of unbranched alkanes of at least 4 members (excludes halogenated alkanes) is 6. The van der Waals surface area contributed by atoms with E-state index >= 15 is 0 Å². The van der Waals surface area contributed by atoms with Gasteiger partial charge in [-0.25, -0.2) is 0 Å². The van der Waals surface area contributed by atoms with Crippen molar-refractivity contribution in [1.82, 2.24) is 0 Å². The van der Waals surface area contributed by atoms with Gasteiger partial charge in [0.2, 0.25) is 0 Å². The molecule has 0 fully saturated rings. The molecule has 0 saturated heterocycles. The Kier molecular flexibility index (Phi) is 9.52. The molecule has 0 atom stereocenters. The fraction of sp³-hybridized carbons (Fsp3) is 1.00. The van der Waals surface area contributed by atoms with Gasteiger partial charge in [-0.15, -0.1) is 0 Å². The normalized spacial score (nSPS) is 12.8. The molecule has 92 valence electrons. The standard InChI is InChI=1S/C13H30OSi/c1-5-6-7-8-9-10-11-12-15-14-13(2,3)4/h5-12,15H2,1-4H3. The largest absolute Gasteiger partial charge is 0.419 e. The van der Waals surface area contributed by atoms with E-state index < -0.39 is 0 Å². The minimum atomic E-state index is -0.237. The van der Waals surface area contributed by atoms with Gasteiger partial charge >= 0.3 is 0 Å². The summed E-state index contributed by atoms with van der Waals surface area (Å²) < 4.78 is 5.81. The molecular formula is C13H30OSi. The minimum absolute atomic E-state index is 0.105. The van der Waals surface area contributed by atoms with Gasteiger partial charge in [0.25, 0.3) is 0 Å². The maximum absolute atomic E-state index is 5.81. The van der Waals surface area contributed by atoms with E-state index in [1.807, 2.05) is 0 Å². The van der Waals surface area contributed by atoms with E-state index in [-0.39, 0.29) is 15.4 Å². The van der Waals surface area contributed by atoms with Crippen molar-refractivity contribution in [3.8, 4) is 0 Å². The number of hydrogen-bond acceptors (Lipinski definition) is 1. The van der Waals surface area contributed by atoms with Crippen LogP contribution in [0.15, 0.2) is 0 Å². The zero-order chi connectivity index (χ0) is 11.6. The van der Waals surface area contributed by atoms with E-state index in [9.17, 15) is 0 Å². The van der Waals surface area contributed by atoms with Crippen molar-refractivity contribution in [2.75, 3.05) is 0 Å². The molecule has 0 saturated carbocycles. The summed E-state index contributed by atoms with van der Waals surface area (Å²) in [4.78, 5) is 0. The molecule has 0 aromatic carbocycles. The molecular weight excluding hydrogens is 200 g/mol. The fourth-order valence-corrected chi connectivity index (χ4v) is 2.93. The third-order valence-corrected chi connectivity index (χ3v) is 4.39. The highest BCUT2D eigenvalue weighted by Gasteiger charge is 2.08. The molecule has 1 nitrogen and oxygen atoms in total. The van der Waals surface area contributed by atoms with Gasteiger partial charge < -0.3 is 4.43 Å². The summed E-state index contributed by atoms with van der Waals surface area (Å²) in [6, 6.07) is 1.37. The Morgan fingerprint density at radius 2 is 1.40 bits per heavy atom. The molecule has 0 aliphatic carbocycles. The first-order valence-electron chi connectivity index (χ1n) is 6.70. The molecule has 0 N–H and O–H groups in total. The van der Waals surface area contributed by atoms with Crippen LogP contribution in [0.5, 0.6) is 0 Å². The quantitative estimate of drug-likeness (QED) is 0.429. The lowest BCUT2D eigenvalue weighted by molar-refractivity contribution is 0.138. The Bertz CT molecular complexity index is 129. The van der Waals surface area contributed by atoms with Gasteiger partial charge in [-0.05, 0) is 26.8 Å². The summed E-state index contributed by atoms with van der Waals surface area (Å²) in [5.74, 6) is 0. The van der Waals surface area contributed by atoms with Crippen molar-refractivity contribution in [2.45, 2.75) is 84.3 Å². The maximum atomic E-state index is 5.81. The molecule has 0 aliphatic rings. The molecule has 0 bridgehead atoms. The van der Waals surface area contributed by atoms with Crippen LogP contribution in [0.2, 0.25) is 6.04 Å². The predicted molar refractivity (Wildman–Crippen MR) is 72.2 cm³/mol. The molecule has 0 aromatic rings. The lowest BCUT2D eigenvalue weighted by atomic mass is 10.1. The second-order valence-electron chi connectivity index (χ2n) is 5.44. The zero-order valence-electron chi connectivity index (χ0n) is 11.3. The van der Waals surface area contributed by atoms with E-state index in [4.69, 9.17) is 4.43 Å². The van der Waals surface area contributed by atoms with Gasteiger partial charge in [0.1, 0.15) is 0 Å². The zero-order valence-corrected chi connectivity index (χ0v) is 12.7. The van der Waals surface area contributed by atoms with Crippen LogP contribution in [0.3, 0.4) is 0 Å². The molecule has 2 heteroatoms. The molecule has 0 radical (unpaired) electrons. The first-order chi connectivity index (χ1) is 7.06. The van der Waals surface area contributed by atoms with E-state index in [2.05, 4.69) is 27.7 Å². The fourth-order valence-electron chi connectivity index (χ4n) is 1.61. The minimum Gasteiger partial charge on any atom is -0.419 e. The van der Waals surface area contributed by atoms with E-state index in [0.717, 1.165) is 0 Å². The maximum Gasteiger partial charge on any atom is 0.162 e. The second-order valence-corrected chi connectivity index (χ2v) is 6.84. The van der Waals surface area contributed by atoms with Gasteiger partial charge in [-0.2, -0.15) is 0 Å². The average molecular weight is 230 g/mol. The number of hydrogen-bond donors (Lipinski definition) is 0. The molecule has 0 aromatic heterocycles. The molecule has 0 heterocycles. The van der Waals surface area contributed by atoms with Crippen LogP contribution >= 0.6 is 0 Å². The molecule has 0 unspecified atom stereocenters. The molecule has 0 aliphatic heterocycles. The second kappa shape index (κ2) is 9.41. The van der Waals surface area contributed by atoms with Crippen LogP contribution < -0.4 is 0 Å². The third-order valence-electron chi connectivity index (χ3n) is 2.53. The van der Waals surface area contributed by atoms with Crippen molar-refractivity contribution in [2.24, 2.45) is 0 Å². The topological polar surface area (TPSA) is 9.23 Å². The van der Waals surface area contributed by atoms with Gasteiger partial charge in [-0.3, -0.25) is 0 Å². The summed E-state index contributed by atoms with van der Waals surface area (Å²) in [6.07, 6.45) is 9.90. The lowest BCUT2D eigenvalue weighted by Gasteiger charge is -2.19. The SMILES string of the molecule is CCCCCCCCC[SiH2]OC(C)(C)C. The van der Waals surface area contributed by atoms with Gasteiger partial charge in [0.05, 0.1) is 0 Å². The Hall–Kier alpha value is 0.177. The first kappa shape index (κ1) is 15.2. The van der Waals surface area contributed by atoms with Crippen molar-refractivity contribution in [3.63, 3.8) is 0 Å². The Morgan fingerprint density at radius 3 is 1.93 bits per heavy atom. The van der Waals surface area contributed by atoms with E-state index in [1.54, 1.807) is 0 Å². The monoisotopic (exact) mass is 230 g/mol. The van der Waals surface area contributed by atoms with Gasteiger partial charge in [-0.1, -0.05) is 51.9 Å². The van der Waals surface area contributed by atoms with Crippen molar-refractivity contribution in [1.29, 1.82) is 0 Å². The highest BCUT2D eigenvalue weighted by Crippen LogP contribution is 2.10. The smallest absolute Gasteiger partial charge is 0.162 e. The first-order valence-corrected chi connectivity index (χ1v) is 8.28. The van der Waals surface area contributed by atoms with Crippen LogP contribution in [-0.4, -0.2) is 15.4 Å². The van der Waals surface area contributed by atoms with Crippen LogP contribution in [-0.2, 0) is 4.43 Å². The predicted octanol–water partition coefficient (Wildman–Crippen LogP) is 4.05. The summed E-state index contributed by atoms with van der Waals surface area (Å²) >= 11 is 0. The van der Waals surface area contributed by atoms with Crippen molar-refractivity contribution >= 4 is 9.76 Å². The third kappa shape index (κ3) is 14.2. The summed E-state index contributed by atoms with van der Waals surface area (Å²) in [5.41, 5.74) is 0.105. The molecule has 0 rings (SSSR count). The van der Waals surface area contributed by atoms with Crippen LogP contribution in [0.4, 0.5) is 0 Å². The van der Waals surface area contributed by atoms with E-state index in [1.165, 1.54) is 51.0 Å². The summed E-state index contributed by atoms with van der Waals surface area (Å²) in [6.45, 7) is 8.75. The Labute approximate surface area is 98.9 Å². The number of rotatable bonds is 9. The molecule has 0 amide bonds. The highest BCUT2D eigenvalue weighted by atomic mass is 28.2. The molecule has 0 spiro atoms. The van der Waals surface area contributed by atoms with Crippen LogP contribution in [0, 0.1) is 0 Å².